The molecule has 490 valence electrons. The minimum atomic E-state index is -1.29. The molecule has 0 radical (unpaired) electrons. The first-order valence-electron chi connectivity index (χ1n) is 25.7. The highest BCUT2D eigenvalue weighted by Gasteiger charge is 2.22. The third kappa shape index (κ3) is 47.9. The maximum atomic E-state index is 10.4. The summed E-state index contributed by atoms with van der Waals surface area (Å²) in [4.78, 5) is 110. The molecule has 3 aromatic rings. The quantitative estimate of drug-likeness (QED) is 0.0576. The van der Waals surface area contributed by atoms with Gasteiger partial charge < -0.3 is 122 Å². The Kier molecular flexibility index (Phi) is 45.7. The summed E-state index contributed by atoms with van der Waals surface area (Å²) in [7, 11) is 0. The molecule has 34 heteroatoms. The van der Waals surface area contributed by atoms with Gasteiger partial charge in [0.15, 0.2) is 0 Å². The third-order valence-corrected chi connectivity index (χ3v) is 10.7. The Bertz CT molecular complexity index is 2320. The van der Waals surface area contributed by atoms with Gasteiger partial charge in [0.1, 0.15) is 71.6 Å². The molecule has 2 aliphatic rings. The number of carbonyl (C=O) groups is 11. The zero-order chi connectivity index (χ0) is 68.3. The number of nitrogens with two attached hydrogens (primary N) is 7. The molecule has 34 nitrogen and oxygen atoms in total. The van der Waals surface area contributed by atoms with E-state index in [0.29, 0.717) is 0 Å². The summed E-state index contributed by atoms with van der Waals surface area (Å²) in [6, 6.07) is 11.7. The molecule has 87 heavy (non-hydrogen) atoms. The number of hydrogen-bond donors (Lipinski definition) is 23. The van der Waals surface area contributed by atoms with Crippen LogP contribution in [0.5, 0.6) is 17.2 Å². The van der Waals surface area contributed by atoms with Crippen LogP contribution in [0.2, 0.25) is 0 Å². The number of aromatic hydroxyl groups is 3. The molecule has 9 atom stereocenters. The summed E-state index contributed by atoms with van der Waals surface area (Å²) in [5, 5.41) is 123. The van der Waals surface area contributed by atoms with Crippen molar-refractivity contribution >= 4 is 65.7 Å². The van der Waals surface area contributed by atoms with E-state index >= 15 is 0 Å². The molecule has 0 bridgehead atoms. The number of benzene rings is 3. The summed E-state index contributed by atoms with van der Waals surface area (Å²) < 4.78 is 0. The van der Waals surface area contributed by atoms with Gasteiger partial charge in [-0.15, -0.1) is 0 Å². The van der Waals surface area contributed by atoms with Crippen molar-refractivity contribution in [3.63, 3.8) is 0 Å². The molecule has 5 rings (SSSR count). The summed E-state index contributed by atoms with van der Waals surface area (Å²) >= 11 is 0. The Morgan fingerprint density at radius 1 is 0.391 bits per heavy atom. The number of carboxylic acid groups (broad SMARTS) is 11. The Hall–Kier alpha value is -9.13. The lowest BCUT2D eigenvalue weighted by molar-refractivity contribution is -0.144. The number of carboxylic acids is 11. The van der Waals surface area contributed by atoms with Crippen LogP contribution in [0.15, 0.2) is 72.8 Å². The van der Waals surface area contributed by atoms with Crippen LogP contribution in [0.1, 0.15) is 76.0 Å². The van der Waals surface area contributed by atoms with Crippen molar-refractivity contribution in [2.45, 2.75) is 133 Å². The Morgan fingerprint density at radius 3 is 0.724 bits per heavy atom. The van der Waals surface area contributed by atoms with Crippen LogP contribution in [0.4, 0.5) is 0 Å². The lowest BCUT2D eigenvalue weighted by Crippen LogP contribution is -2.34. The number of rotatable bonds is 20. The van der Waals surface area contributed by atoms with Gasteiger partial charge in [-0.05, 0) is 124 Å². The topological polar surface area (TPSA) is 677 Å². The minimum Gasteiger partial charge on any atom is -0.508 e. The first-order valence-corrected chi connectivity index (χ1v) is 25.7. The monoisotopic (exact) mass is 1250 g/mol. The first-order chi connectivity index (χ1) is 40.2. The van der Waals surface area contributed by atoms with E-state index < -0.39 is 121 Å². The first kappa shape index (κ1) is 84.3. The zero-order valence-electron chi connectivity index (χ0n) is 47.8. The lowest BCUT2D eigenvalue weighted by Gasteiger charge is -2.07. The molecule has 3 aromatic carbocycles. The Labute approximate surface area is 498 Å². The van der Waals surface area contributed by atoms with E-state index in [4.69, 9.17) is 112 Å². The van der Waals surface area contributed by atoms with Crippen LogP contribution >= 0.6 is 0 Å². The van der Waals surface area contributed by atoms with Gasteiger partial charge in [-0.2, -0.15) is 0 Å². The van der Waals surface area contributed by atoms with Crippen molar-refractivity contribution in [1.29, 1.82) is 0 Å². The second-order valence-electron chi connectivity index (χ2n) is 18.7. The molecule has 2 heterocycles. The van der Waals surface area contributed by atoms with Crippen LogP contribution in [0, 0.1) is 5.92 Å². The van der Waals surface area contributed by atoms with Crippen LogP contribution in [-0.4, -0.2) is 205 Å². The molecule has 30 N–H and O–H groups in total. The van der Waals surface area contributed by atoms with Gasteiger partial charge in [0.05, 0.1) is 12.8 Å². The number of aliphatic carboxylic acids is 11. The lowest BCUT2D eigenvalue weighted by atomic mass is 10.1. The van der Waals surface area contributed by atoms with Crippen LogP contribution in [-0.2, 0) is 72.0 Å². The summed E-state index contributed by atoms with van der Waals surface area (Å²) in [5.41, 5.74) is 38.0. The Morgan fingerprint density at radius 2 is 0.621 bits per heavy atom. The molecule has 2 saturated heterocycles. The molecule has 0 unspecified atom stereocenters. The maximum Gasteiger partial charge on any atom is 0.321 e. The number of nitrogens with one attached hydrogen (secondary N) is 2. The molecular formula is C53H83N9O25. The van der Waals surface area contributed by atoms with E-state index in [-0.39, 0.29) is 54.5 Å². The molecule has 0 amide bonds. The van der Waals surface area contributed by atoms with Crippen molar-refractivity contribution in [3.8, 4) is 17.2 Å². The largest absolute Gasteiger partial charge is 0.508 e. The van der Waals surface area contributed by atoms with E-state index in [1.807, 2.05) is 0 Å². The van der Waals surface area contributed by atoms with Crippen molar-refractivity contribution in [2.24, 2.45) is 46.1 Å². The summed E-state index contributed by atoms with van der Waals surface area (Å²) in [6.07, 6.45) is 3.32. The standard InChI is InChI=1S/3C9H11NO3.2C5H9NO2.C5H11NO2.2C4H7NO4.C3H7NO2/c3*10-8(9(12)13)5-6-1-3-7(11)4-2-6;2*7-5(8)4-2-1-3-6-4;1-3(2)4(6)5(7)8;2*5-2(4(8)9)1-3(6)7;1-2(4)3(5)6/h3*1-4,8,11H,5,10H2,(H,12,13);2*4,6H,1-3H2,(H,7,8);3-4H,6H2,1-2H3,(H,7,8);2*2H,1,5H2,(H,6,7)(H,8,9);2H,4H2,1H3,(H,5,6)/t3*8-;3*4-;3*2-/m000000000/s1. The smallest absolute Gasteiger partial charge is 0.321 e. The molecule has 2 aliphatic heterocycles. The maximum absolute atomic E-state index is 10.4. The van der Waals surface area contributed by atoms with Crippen LogP contribution in [0.3, 0.4) is 0 Å². The highest BCUT2D eigenvalue weighted by Crippen LogP contribution is 2.13. The molecule has 0 spiro atoms. The van der Waals surface area contributed by atoms with Gasteiger partial charge in [-0.1, -0.05) is 50.2 Å². The fourth-order valence-corrected chi connectivity index (χ4v) is 5.55. The average molecular weight is 1250 g/mol. The van der Waals surface area contributed by atoms with E-state index in [1.165, 1.54) is 43.3 Å². The summed E-state index contributed by atoms with van der Waals surface area (Å²) in [5.74, 6) is -10.9. The van der Waals surface area contributed by atoms with E-state index in [2.05, 4.69) is 10.6 Å². The van der Waals surface area contributed by atoms with Crippen molar-refractivity contribution < 1.29 is 124 Å². The van der Waals surface area contributed by atoms with Crippen molar-refractivity contribution in [2.75, 3.05) is 13.1 Å². The highest BCUT2D eigenvalue weighted by molar-refractivity contribution is 5.81. The fraction of sp³-hybridized carbons (Fsp3) is 0.453. The Balaban J connectivity index is -0.000000450. The molecular weight excluding hydrogens is 1160 g/mol. The molecule has 0 aromatic heterocycles. The fourth-order valence-electron chi connectivity index (χ4n) is 5.55. The molecule has 0 saturated carbocycles. The second kappa shape index (κ2) is 47.2. The van der Waals surface area contributed by atoms with E-state index in [9.17, 15) is 52.7 Å². The highest BCUT2D eigenvalue weighted by atomic mass is 16.4. The molecule has 0 aliphatic carbocycles. The van der Waals surface area contributed by atoms with Crippen LogP contribution < -0.4 is 50.8 Å². The zero-order valence-corrected chi connectivity index (χ0v) is 47.8. The van der Waals surface area contributed by atoms with E-state index in [0.717, 1.165) is 55.5 Å². The number of phenols is 3. The predicted molar refractivity (Wildman–Crippen MR) is 307 cm³/mol. The van der Waals surface area contributed by atoms with Gasteiger partial charge in [0.25, 0.3) is 0 Å². The SMILES string of the molecule is CC(C)[C@H](N)C(=O)O.C[C@H](N)C(=O)O.N[C@@H](CC(=O)O)C(=O)O.N[C@@H](CC(=O)O)C(=O)O.N[C@@H](Cc1ccc(O)cc1)C(=O)O.N[C@@H](Cc1ccc(O)cc1)C(=O)O.N[C@@H](Cc1ccc(O)cc1)C(=O)O.O=C(O)[C@@H]1CCCN1.O=C(O)[C@@H]1CCCN1. The minimum absolute atomic E-state index is 0.0208. The van der Waals surface area contributed by atoms with Crippen molar-refractivity contribution in [3.05, 3.63) is 89.5 Å². The van der Waals surface area contributed by atoms with Crippen LogP contribution in [0.25, 0.3) is 0 Å². The van der Waals surface area contributed by atoms with Gasteiger partial charge in [0.2, 0.25) is 0 Å². The third-order valence-electron chi connectivity index (χ3n) is 10.7. The number of hydrogen-bond acceptors (Lipinski definition) is 23. The van der Waals surface area contributed by atoms with E-state index in [1.54, 1.807) is 50.2 Å². The summed E-state index contributed by atoms with van der Waals surface area (Å²) in [6.45, 7) is 6.69. The number of phenolic OH excluding ortho intramolecular Hbond substituents is 3. The van der Waals surface area contributed by atoms with Gasteiger partial charge in [-0.3, -0.25) is 52.7 Å². The second-order valence-corrected chi connectivity index (χ2v) is 18.7. The van der Waals surface area contributed by atoms with Gasteiger partial charge in [0, 0.05) is 0 Å². The normalized spacial score (nSPS) is 15.6. The predicted octanol–water partition coefficient (Wildman–Crippen LogP) is -2.10. The van der Waals surface area contributed by atoms with Crippen molar-refractivity contribution in [1.82, 2.24) is 10.6 Å². The average Bonchev–Trinajstić information content (AvgIpc) is 4.29. The molecule has 2 fully saturated rings. The van der Waals surface area contributed by atoms with Gasteiger partial charge >= 0.3 is 65.7 Å². The van der Waals surface area contributed by atoms with Gasteiger partial charge in [-0.25, -0.2) is 0 Å².